The number of ether oxygens (including phenoxy) is 3. The molecule has 2 N–H and O–H groups in total. The Morgan fingerprint density at radius 3 is 2.43 bits per heavy atom. The zero-order chi connectivity index (χ0) is 20.9. The SMILES string of the molecule is Cc1cc(C2=C(c3ccc(S(N)(=O)=O)cc3)Oc3ccccc3C2)cc2c1OCO2. The minimum absolute atomic E-state index is 0.0588. The number of benzene rings is 3. The largest absolute Gasteiger partial charge is 0.456 e. The molecule has 0 aliphatic carbocycles. The average Bonchev–Trinajstić information content (AvgIpc) is 3.22. The van der Waals surface area contributed by atoms with Crippen LogP contribution >= 0.6 is 0 Å². The predicted octanol–water partition coefficient (Wildman–Crippen LogP) is 3.87. The maximum Gasteiger partial charge on any atom is 0.238 e. The normalized spacial score (nSPS) is 15.0. The van der Waals surface area contributed by atoms with Gasteiger partial charge in [-0.25, -0.2) is 13.6 Å². The van der Waals surface area contributed by atoms with E-state index in [1.807, 2.05) is 37.3 Å². The summed E-state index contributed by atoms with van der Waals surface area (Å²) in [5.74, 6) is 2.92. The van der Waals surface area contributed by atoms with Crippen molar-refractivity contribution >= 4 is 21.4 Å². The number of allylic oxidation sites excluding steroid dienone is 1. The molecule has 0 aromatic heterocycles. The highest BCUT2D eigenvalue weighted by Crippen LogP contribution is 2.43. The minimum atomic E-state index is -3.76. The van der Waals surface area contributed by atoms with Gasteiger partial charge in [0.05, 0.1) is 4.90 Å². The highest BCUT2D eigenvalue weighted by molar-refractivity contribution is 7.89. The van der Waals surface area contributed by atoms with Gasteiger partial charge in [-0.2, -0.15) is 0 Å². The molecule has 0 unspecified atom stereocenters. The van der Waals surface area contributed by atoms with Crippen molar-refractivity contribution in [2.75, 3.05) is 6.79 Å². The summed E-state index contributed by atoms with van der Waals surface area (Å²) in [7, 11) is -3.76. The molecule has 5 rings (SSSR count). The molecule has 3 aromatic carbocycles. The van der Waals surface area contributed by atoms with Gasteiger partial charge in [0, 0.05) is 17.6 Å². The number of aryl methyl sites for hydroxylation is 1. The van der Waals surface area contributed by atoms with Gasteiger partial charge in [-0.1, -0.05) is 18.2 Å². The standard InChI is InChI=1S/C23H19NO5S/c1-14-10-17(12-21-22(14)28-13-27-21)19-11-16-4-2-3-5-20(16)29-23(19)15-6-8-18(9-7-15)30(24,25)26/h2-10,12H,11,13H2,1H3,(H2,24,25,26). The van der Waals surface area contributed by atoms with Gasteiger partial charge in [-0.05, 0) is 66.1 Å². The Kier molecular flexibility index (Phi) is 4.30. The first-order chi connectivity index (χ1) is 14.4. The maximum absolute atomic E-state index is 11.6. The van der Waals surface area contributed by atoms with Crippen molar-refractivity contribution in [3.63, 3.8) is 0 Å². The van der Waals surface area contributed by atoms with E-state index in [0.717, 1.165) is 39.3 Å². The molecular weight excluding hydrogens is 402 g/mol. The van der Waals surface area contributed by atoms with Gasteiger partial charge < -0.3 is 14.2 Å². The molecule has 0 spiro atoms. The third-order valence-electron chi connectivity index (χ3n) is 5.28. The van der Waals surface area contributed by atoms with Crippen molar-refractivity contribution < 1.29 is 22.6 Å². The Bertz CT molecular complexity index is 1290. The summed E-state index contributed by atoms with van der Waals surface area (Å²) in [6.07, 6.45) is 0.668. The molecule has 0 saturated heterocycles. The third-order valence-corrected chi connectivity index (χ3v) is 6.21. The first-order valence-corrected chi connectivity index (χ1v) is 11.0. The number of sulfonamides is 1. The van der Waals surface area contributed by atoms with Crippen molar-refractivity contribution in [2.24, 2.45) is 5.14 Å². The Hall–Kier alpha value is -3.29. The van der Waals surface area contributed by atoms with E-state index in [1.54, 1.807) is 12.1 Å². The van der Waals surface area contributed by atoms with Crippen molar-refractivity contribution in [3.8, 4) is 17.2 Å². The van der Waals surface area contributed by atoms with Crippen LogP contribution in [0.4, 0.5) is 0 Å². The lowest BCUT2D eigenvalue weighted by atomic mass is 9.91. The van der Waals surface area contributed by atoms with Crippen molar-refractivity contribution in [1.29, 1.82) is 0 Å². The molecule has 0 amide bonds. The molecule has 0 bridgehead atoms. The fourth-order valence-corrected chi connectivity index (χ4v) is 4.33. The summed E-state index contributed by atoms with van der Waals surface area (Å²) in [5.41, 5.74) is 4.78. The van der Waals surface area contributed by atoms with Gasteiger partial charge >= 0.3 is 0 Å². The lowest BCUT2D eigenvalue weighted by molar-refractivity contribution is 0.173. The molecule has 0 saturated carbocycles. The van der Waals surface area contributed by atoms with Gasteiger partial charge in [-0.3, -0.25) is 0 Å². The fraction of sp³-hybridized carbons (Fsp3) is 0.130. The zero-order valence-electron chi connectivity index (χ0n) is 16.2. The lowest BCUT2D eigenvalue weighted by Crippen LogP contribution is -2.13. The minimum Gasteiger partial charge on any atom is -0.456 e. The van der Waals surface area contributed by atoms with Crippen molar-refractivity contribution in [1.82, 2.24) is 0 Å². The molecule has 0 radical (unpaired) electrons. The monoisotopic (exact) mass is 421 g/mol. The van der Waals surface area contributed by atoms with Gasteiger partial charge in [0.15, 0.2) is 11.5 Å². The highest BCUT2D eigenvalue weighted by Gasteiger charge is 2.25. The Labute approximate surface area is 174 Å². The third kappa shape index (κ3) is 3.22. The zero-order valence-corrected chi connectivity index (χ0v) is 17.0. The number of hydrogen-bond acceptors (Lipinski definition) is 5. The van der Waals surface area contributed by atoms with E-state index < -0.39 is 10.0 Å². The molecule has 2 aliphatic rings. The van der Waals surface area contributed by atoms with E-state index in [-0.39, 0.29) is 11.7 Å². The van der Waals surface area contributed by atoms with Crippen LogP contribution in [0.5, 0.6) is 17.2 Å². The van der Waals surface area contributed by atoms with Crippen LogP contribution in [0.3, 0.4) is 0 Å². The number of nitrogens with two attached hydrogens (primary N) is 1. The van der Waals surface area contributed by atoms with Crippen LogP contribution in [-0.2, 0) is 16.4 Å². The maximum atomic E-state index is 11.6. The van der Waals surface area contributed by atoms with Crippen molar-refractivity contribution in [2.45, 2.75) is 18.2 Å². The Morgan fingerprint density at radius 2 is 1.67 bits per heavy atom. The number of hydrogen-bond donors (Lipinski definition) is 1. The van der Waals surface area contributed by atoms with E-state index in [2.05, 4.69) is 6.07 Å². The lowest BCUT2D eigenvalue weighted by Gasteiger charge is -2.24. The smallest absolute Gasteiger partial charge is 0.238 e. The van der Waals surface area contributed by atoms with Crippen LogP contribution in [0.2, 0.25) is 0 Å². The van der Waals surface area contributed by atoms with E-state index >= 15 is 0 Å². The average molecular weight is 421 g/mol. The summed E-state index contributed by atoms with van der Waals surface area (Å²) in [6, 6.07) is 18.3. The molecule has 6 nitrogen and oxygen atoms in total. The van der Waals surface area contributed by atoms with Gasteiger partial charge in [0.1, 0.15) is 11.5 Å². The highest BCUT2D eigenvalue weighted by atomic mass is 32.2. The van der Waals surface area contributed by atoms with Gasteiger partial charge in [0.25, 0.3) is 0 Å². The first-order valence-electron chi connectivity index (χ1n) is 9.43. The first kappa shape index (κ1) is 18.7. The Balaban J connectivity index is 1.67. The number of rotatable bonds is 3. The van der Waals surface area contributed by atoms with Crippen molar-refractivity contribution in [3.05, 3.63) is 82.9 Å². The molecule has 0 fully saturated rings. The second kappa shape index (κ2) is 6.90. The number of para-hydroxylation sites is 1. The molecule has 152 valence electrons. The van der Waals surface area contributed by atoms with Gasteiger partial charge in [0.2, 0.25) is 16.8 Å². The van der Waals surface area contributed by atoms with Gasteiger partial charge in [-0.15, -0.1) is 0 Å². The summed E-state index contributed by atoms with van der Waals surface area (Å²) in [4.78, 5) is 0.0588. The van der Waals surface area contributed by atoms with E-state index in [1.165, 1.54) is 12.1 Å². The van der Waals surface area contributed by atoms with Crippen LogP contribution in [0.1, 0.15) is 22.3 Å². The number of primary sulfonamides is 1. The molecule has 7 heteroatoms. The summed E-state index contributed by atoms with van der Waals surface area (Å²) >= 11 is 0. The second-order valence-corrected chi connectivity index (χ2v) is 8.85. The van der Waals surface area contributed by atoms with Crippen LogP contribution < -0.4 is 19.3 Å². The topological polar surface area (TPSA) is 87.9 Å². The Morgan fingerprint density at radius 1 is 0.900 bits per heavy atom. The molecular formula is C23H19NO5S. The summed E-state index contributed by atoms with van der Waals surface area (Å²) < 4.78 is 40.7. The molecule has 2 heterocycles. The van der Waals surface area contributed by atoms with E-state index in [0.29, 0.717) is 17.9 Å². The molecule has 0 atom stereocenters. The predicted molar refractivity (Wildman–Crippen MR) is 113 cm³/mol. The van der Waals surface area contributed by atoms with Crippen LogP contribution in [0, 0.1) is 6.92 Å². The summed E-state index contributed by atoms with van der Waals surface area (Å²) in [5, 5.41) is 5.24. The second-order valence-electron chi connectivity index (χ2n) is 7.29. The number of fused-ring (bicyclic) bond motifs is 2. The van der Waals surface area contributed by atoms with Crippen LogP contribution in [0.15, 0.2) is 65.6 Å². The van der Waals surface area contributed by atoms with E-state index in [9.17, 15) is 8.42 Å². The van der Waals surface area contributed by atoms with E-state index in [4.69, 9.17) is 19.3 Å². The summed E-state index contributed by atoms with van der Waals surface area (Å²) in [6.45, 7) is 2.19. The van der Waals surface area contributed by atoms with Crippen LogP contribution in [0.25, 0.3) is 11.3 Å². The van der Waals surface area contributed by atoms with Crippen LogP contribution in [-0.4, -0.2) is 15.2 Å². The fourth-order valence-electron chi connectivity index (χ4n) is 3.81. The molecule has 2 aliphatic heterocycles. The molecule has 30 heavy (non-hydrogen) atoms. The quantitative estimate of drug-likeness (QED) is 0.694. The molecule has 3 aromatic rings.